The number of nitrogens with zero attached hydrogens (tertiary/aromatic N) is 3. The van der Waals surface area contributed by atoms with Gasteiger partial charge in [0.1, 0.15) is 5.02 Å². The van der Waals surface area contributed by atoms with E-state index in [2.05, 4.69) is 17.0 Å². The van der Waals surface area contributed by atoms with Gasteiger partial charge in [-0.2, -0.15) is 5.10 Å². The van der Waals surface area contributed by atoms with Gasteiger partial charge in [-0.1, -0.05) is 17.7 Å². The van der Waals surface area contributed by atoms with E-state index >= 15 is 0 Å². The second-order valence-electron chi connectivity index (χ2n) is 4.00. The molecule has 0 atom stereocenters. The summed E-state index contributed by atoms with van der Waals surface area (Å²) in [6.45, 7) is 5.67. The van der Waals surface area contributed by atoms with Crippen molar-refractivity contribution in [1.82, 2.24) is 15.1 Å². The van der Waals surface area contributed by atoms with Gasteiger partial charge < -0.3 is 10.2 Å². The molecule has 1 aromatic rings. The minimum Gasteiger partial charge on any atom is -0.372 e. The summed E-state index contributed by atoms with van der Waals surface area (Å²) >= 11 is 6.08. The highest BCUT2D eigenvalue weighted by molar-refractivity contribution is 6.33. The lowest BCUT2D eigenvalue weighted by Crippen LogP contribution is -2.28. The molecule has 0 fully saturated rings. The highest BCUT2D eigenvalue weighted by Gasteiger charge is 2.11. The molecule has 1 heterocycles. The Hall–Kier alpha value is -1.33. The topological polar surface area (TPSA) is 50.2 Å². The molecule has 0 saturated carbocycles. The van der Waals surface area contributed by atoms with E-state index < -0.39 is 0 Å². The van der Waals surface area contributed by atoms with Crippen LogP contribution in [0.25, 0.3) is 0 Å². The van der Waals surface area contributed by atoms with Crippen LogP contribution in [0.5, 0.6) is 0 Å². The number of halogens is 1. The lowest BCUT2D eigenvalue weighted by atomic mass is 10.3. The number of hydrogen-bond acceptors (Lipinski definition) is 4. The van der Waals surface area contributed by atoms with Crippen molar-refractivity contribution in [2.75, 3.05) is 32.1 Å². The van der Waals surface area contributed by atoms with Crippen molar-refractivity contribution in [3.8, 4) is 0 Å². The van der Waals surface area contributed by atoms with Crippen molar-refractivity contribution in [3.05, 3.63) is 34.2 Å². The Labute approximate surface area is 112 Å². The number of rotatable bonds is 7. The molecule has 0 saturated heterocycles. The minimum absolute atomic E-state index is 0.207. The lowest BCUT2D eigenvalue weighted by Gasteiger charge is -2.20. The Balaban J connectivity index is 2.87. The maximum Gasteiger partial charge on any atom is 0.287 e. The smallest absolute Gasteiger partial charge is 0.287 e. The van der Waals surface area contributed by atoms with E-state index in [0.29, 0.717) is 12.2 Å². The standard InChI is InChI=1S/C12H19ClN4O/c1-4-7-17-12(18)11(13)10(9-15-17)16(3)8-5-6-14-2/h4,9,14H,1,5-8H2,2-3H3. The third kappa shape index (κ3) is 3.58. The van der Waals surface area contributed by atoms with E-state index in [-0.39, 0.29) is 10.6 Å². The Morgan fingerprint density at radius 1 is 1.67 bits per heavy atom. The largest absolute Gasteiger partial charge is 0.372 e. The van der Waals surface area contributed by atoms with Crippen molar-refractivity contribution >= 4 is 17.3 Å². The normalized spacial score (nSPS) is 10.4. The zero-order chi connectivity index (χ0) is 13.5. The number of nitrogens with one attached hydrogen (secondary N) is 1. The second-order valence-corrected chi connectivity index (χ2v) is 4.38. The van der Waals surface area contributed by atoms with Gasteiger partial charge in [-0.05, 0) is 20.0 Å². The Morgan fingerprint density at radius 2 is 2.39 bits per heavy atom. The molecule has 0 unspecified atom stereocenters. The Bertz CT molecular complexity index is 458. The first-order valence-corrected chi connectivity index (χ1v) is 6.21. The SMILES string of the molecule is C=CCn1ncc(N(C)CCCNC)c(Cl)c1=O. The van der Waals surface area contributed by atoms with Crippen LogP contribution in [-0.2, 0) is 6.54 Å². The molecular weight excluding hydrogens is 252 g/mol. The highest BCUT2D eigenvalue weighted by atomic mass is 35.5. The molecule has 0 spiro atoms. The number of allylic oxidation sites excluding steroid dienone is 1. The lowest BCUT2D eigenvalue weighted by molar-refractivity contribution is 0.647. The summed E-state index contributed by atoms with van der Waals surface area (Å²) in [7, 11) is 3.81. The van der Waals surface area contributed by atoms with Crippen LogP contribution in [0.1, 0.15) is 6.42 Å². The summed E-state index contributed by atoms with van der Waals surface area (Å²) in [5, 5.41) is 7.35. The summed E-state index contributed by atoms with van der Waals surface area (Å²) in [6.07, 6.45) is 4.20. The summed E-state index contributed by atoms with van der Waals surface area (Å²) < 4.78 is 1.29. The molecular formula is C12H19ClN4O. The van der Waals surface area contributed by atoms with E-state index in [1.54, 1.807) is 12.3 Å². The molecule has 0 bridgehead atoms. The van der Waals surface area contributed by atoms with Crippen molar-refractivity contribution in [2.24, 2.45) is 0 Å². The predicted molar refractivity (Wildman–Crippen MR) is 75.5 cm³/mol. The third-order valence-electron chi connectivity index (χ3n) is 2.60. The first kappa shape index (κ1) is 14.7. The monoisotopic (exact) mass is 270 g/mol. The zero-order valence-electron chi connectivity index (χ0n) is 10.8. The van der Waals surface area contributed by atoms with Gasteiger partial charge in [0.25, 0.3) is 5.56 Å². The quantitative estimate of drug-likeness (QED) is 0.596. The van der Waals surface area contributed by atoms with Gasteiger partial charge in [-0.25, -0.2) is 4.68 Å². The van der Waals surface area contributed by atoms with Gasteiger partial charge in [0, 0.05) is 13.6 Å². The van der Waals surface area contributed by atoms with E-state index in [9.17, 15) is 4.79 Å². The van der Waals surface area contributed by atoms with Gasteiger partial charge in [0.2, 0.25) is 0 Å². The predicted octanol–water partition coefficient (Wildman–Crippen LogP) is 1.13. The van der Waals surface area contributed by atoms with E-state index in [4.69, 9.17) is 11.6 Å². The number of anilines is 1. The molecule has 1 N–H and O–H groups in total. The van der Waals surface area contributed by atoms with Crippen molar-refractivity contribution in [1.29, 1.82) is 0 Å². The molecule has 0 amide bonds. The number of hydrogen-bond donors (Lipinski definition) is 1. The van der Waals surface area contributed by atoms with Crippen molar-refractivity contribution in [2.45, 2.75) is 13.0 Å². The van der Waals surface area contributed by atoms with Crippen LogP contribution in [-0.4, -0.2) is 37.0 Å². The molecule has 5 nitrogen and oxygen atoms in total. The van der Waals surface area contributed by atoms with Crippen LogP contribution >= 0.6 is 11.6 Å². The van der Waals surface area contributed by atoms with Crippen LogP contribution in [0, 0.1) is 0 Å². The van der Waals surface area contributed by atoms with Gasteiger partial charge in [-0.3, -0.25) is 4.79 Å². The molecule has 100 valence electrons. The van der Waals surface area contributed by atoms with Gasteiger partial charge >= 0.3 is 0 Å². The maximum absolute atomic E-state index is 11.9. The van der Waals surface area contributed by atoms with Crippen LogP contribution in [0.2, 0.25) is 5.02 Å². The Kier molecular flexibility index (Phi) is 5.88. The molecule has 0 aliphatic carbocycles. The molecule has 0 aromatic carbocycles. The molecule has 0 aliphatic heterocycles. The van der Waals surface area contributed by atoms with Crippen LogP contribution in [0.4, 0.5) is 5.69 Å². The summed E-state index contributed by atoms with van der Waals surface area (Å²) in [5.74, 6) is 0. The molecule has 18 heavy (non-hydrogen) atoms. The molecule has 0 aliphatic rings. The van der Waals surface area contributed by atoms with Crippen molar-refractivity contribution in [3.63, 3.8) is 0 Å². The van der Waals surface area contributed by atoms with Crippen LogP contribution < -0.4 is 15.8 Å². The molecule has 1 rings (SSSR count). The number of aromatic nitrogens is 2. The molecule has 6 heteroatoms. The first-order chi connectivity index (χ1) is 8.61. The summed E-state index contributed by atoms with van der Waals surface area (Å²) in [5.41, 5.74) is 0.382. The third-order valence-corrected chi connectivity index (χ3v) is 2.96. The fourth-order valence-electron chi connectivity index (χ4n) is 1.59. The van der Waals surface area contributed by atoms with Crippen LogP contribution in [0.15, 0.2) is 23.6 Å². The van der Waals surface area contributed by atoms with E-state index in [0.717, 1.165) is 19.5 Å². The molecule has 1 aromatic heterocycles. The fourth-order valence-corrected chi connectivity index (χ4v) is 1.88. The minimum atomic E-state index is -0.283. The Morgan fingerprint density at radius 3 is 3.00 bits per heavy atom. The highest BCUT2D eigenvalue weighted by Crippen LogP contribution is 2.19. The fraction of sp³-hybridized carbons (Fsp3) is 0.500. The van der Waals surface area contributed by atoms with Gasteiger partial charge in [0.05, 0.1) is 18.4 Å². The van der Waals surface area contributed by atoms with E-state index in [1.807, 2.05) is 19.0 Å². The maximum atomic E-state index is 11.9. The second kappa shape index (κ2) is 7.18. The summed E-state index contributed by atoms with van der Waals surface area (Å²) in [6, 6.07) is 0. The van der Waals surface area contributed by atoms with Crippen molar-refractivity contribution < 1.29 is 0 Å². The van der Waals surface area contributed by atoms with Gasteiger partial charge in [0.15, 0.2) is 0 Å². The van der Waals surface area contributed by atoms with Crippen LogP contribution in [0.3, 0.4) is 0 Å². The first-order valence-electron chi connectivity index (χ1n) is 5.84. The van der Waals surface area contributed by atoms with Gasteiger partial charge in [-0.15, -0.1) is 6.58 Å². The average Bonchev–Trinajstić information content (AvgIpc) is 2.35. The summed E-state index contributed by atoms with van der Waals surface area (Å²) in [4.78, 5) is 13.8. The average molecular weight is 271 g/mol. The molecule has 0 radical (unpaired) electrons. The zero-order valence-corrected chi connectivity index (χ0v) is 11.6. The van der Waals surface area contributed by atoms with E-state index in [1.165, 1.54) is 4.68 Å².